The van der Waals surface area contributed by atoms with Gasteiger partial charge in [0.05, 0.1) is 0 Å². The standard InChI is InChI=1S/C13H9AsBr2N2O4/c1-14(8-2-4-10(15)12(6-8)17(19)20)9-3-5-11(16)13(7-9)18(21)22/h2-7H,1H3. The van der Waals surface area contributed by atoms with Gasteiger partial charge in [-0.15, -0.1) is 0 Å². The molecule has 0 atom stereocenters. The number of nitro groups is 2. The van der Waals surface area contributed by atoms with Crippen LogP contribution in [-0.2, 0) is 0 Å². The predicted molar refractivity (Wildman–Crippen MR) is 92.5 cm³/mol. The van der Waals surface area contributed by atoms with E-state index in [1.807, 2.05) is 17.8 Å². The van der Waals surface area contributed by atoms with Crippen molar-refractivity contribution >= 4 is 66.6 Å². The van der Waals surface area contributed by atoms with Crippen LogP contribution in [0.1, 0.15) is 0 Å². The Morgan fingerprint density at radius 3 is 1.55 bits per heavy atom. The first-order valence-electron chi connectivity index (χ1n) is 5.93. The SMILES string of the molecule is C[As](c1ccc(Br)c([N+](=O)[O-])c1)c1ccc(Br)c([N+](=O)[O-])c1. The van der Waals surface area contributed by atoms with Gasteiger partial charge in [-0.3, -0.25) is 0 Å². The van der Waals surface area contributed by atoms with Gasteiger partial charge in [0.15, 0.2) is 0 Å². The number of nitro benzene ring substituents is 2. The molecule has 0 fully saturated rings. The third-order valence-corrected chi connectivity index (χ3v) is 8.79. The van der Waals surface area contributed by atoms with Crippen molar-refractivity contribution in [2.45, 2.75) is 5.71 Å². The van der Waals surface area contributed by atoms with Gasteiger partial charge >= 0.3 is 148 Å². The molecule has 2 aromatic rings. The van der Waals surface area contributed by atoms with E-state index >= 15 is 0 Å². The maximum absolute atomic E-state index is 11.0. The van der Waals surface area contributed by atoms with Gasteiger partial charge in [0, 0.05) is 0 Å². The second kappa shape index (κ2) is 6.89. The van der Waals surface area contributed by atoms with E-state index in [4.69, 9.17) is 0 Å². The van der Waals surface area contributed by atoms with Crippen LogP contribution >= 0.6 is 31.9 Å². The van der Waals surface area contributed by atoms with E-state index in [-0.39, 0.29) is 11.4 Å². The van der Waals surface area contributed by atoms with Crippen molar-refractivity contribution in [1.29, 1.82) is 0 Å². The summed E-state index contributed by atoms with van der Waals surface area (Å²) in [6.07, 6.45) is 0. The number of nitrogens with zero attached hydrogens (tertiary/aromatic N) is 2. The van der Waals surface area contributed by atoms with Gasteiger partial charge in [0.2, 0.25) is 0 Å². The van der Waals surface area contributed by atoms with Gasteiger partial charge in [-0.2, -0.15) is 0 Å². The zero-order valence-corrected chi connectivity index (χ0v) is 16.2. The van der Waals surface area contributed by atoms with Crippen molar-refractivity contribution in [1.82, 2.24) is 0 Å². The molecule has 0 saturated heterocycles. The van der Waals surface area contributed by atoms with Crippen molar-refractivity contribution < 1.29 is 9.85 Å². The Balaban J connectivity index is 2.46. The first-order valence-corrected chi connectivity index (χ1v) is 11.3. The molecule has 0 aliphatic carbocycles. The third kappa shape index (κ3) is 3.56. The van der Waals surface area contributed by atoms with E-state index in [1.165, 1.54) is 12.1 Å². The van der Waals surface area contributed by atoms with E-state index in [0.29, 0.717) is 8.95 Å². The zero-order valence-electron chi connectivity index (χ0n) is 11.2. The van der Waals surface area contributed by atoms with E-state index < -0.39 is 24.5 Å². The van der Waals surface area contributed by atoms with Crippen LogP contribution in [0.3, 0.4) is 0 Å². The Hall–Kier alpha value is -1.24. The summed E-state index contributed by atoms with van der Waals surface area (Å²) in [6, 6.07) is 10.0. The Kier molecular flexibility index (Phi) is 5.36. The second-order valence-electron chi connectivity index (χ2n) is 4.34. The fraction of sp³-hybridized carbons (Fsp3) is 0.0769. The molecule has 0 aromatic heterocycles. The fourth-order valence-electron chi connectivity index (χ4n) is 1.85. The molecule has 0 unspecified atom stereocenters. The molecule has 0 saturated carbocycles. The molecule has 0 amide bonds. The summed E-state index contributed by atoms with van der Waals surface area (Å²) < 4.78 is 2.56. The molecule has 2 rings (SSSR count). The molecule has 0 spiro atoms. The summed E-state index contributed by atoms with van der Waals surface area (Å²) in [4.78, 5) is 21.1. The summed E-state index contributed by atoms with van der Waals surface area (Å²) in [5, 5.41) is 22.0. The van der Waals surface area contributed by atoms with Crippen LogP contribution in [0.2, 0.25) is 5.71 Å². The average Bonchev–Trinajstić information content (AvgIpc) is 2.47. The van der Waals surface area contributed by atoms with Crippen LogP contribution in [0.5, 0.6) is 0 Å². The van der Waals surface area contributed by atoms with Crippen molar-refractivity contribution in [2.75, 3.05) is 0 Å². The third-order valence-electron chi connectivity index (χ3n) is 3.03. The number of benzene rings is 2. The van der Waals surface area contributed by atoms with Gasteiger partial charge in [0.1, 0.15) is 0 Å². The predicted octanol–water partition coefficient (Wildman–Crippen LogP) is 3.27. The summed E-state index contributed by atoms with van der Waals surface area (Å²) >= 11 is 4.49. The van der Waals surface area contributed by atoms with Gasteiger partial charge in [-0.05, 0) is 0 Å². The van der Waals surface area contributed by atoms with Gasteiger partial charge in [-0.25, -0.2) is 0 Å². The van der Waals surface area contributed by atoms with E-state index in [1.54, 1.807) is 12.1 Å². The Bertz CT molecular complexity index is 706. The van der Waals surface area contributed by atoms with E-state index in [9.17, 15) is 20.2 Å². The van der Waals surface area contributed by atoms with Gasteiger partial charge in [0.25, 0.3) is 0 Å². The molecule has 22 heavy (non-hydrogen) atoms. The van der Waals surface area contributed by atoms with Crippen LogP contribution in [-0.4, -0.2) is 24.5 Å². The number of hydrogen-bond donors (Lipinski definition) is 0. The fourth-order valence-corrected chi connectivity index (χ4v) is 5.83. The quantitative estimate of drug-likeness (QED) is 0.373. The summed E-state index contributed by atoms with van der Waals surface area (Å²) in [5.74, 6) is 0. The van der Waals surface area contributed by atoms with Crippen molar-refractivity contribution in [3.05, 3.63) is 65.6 Å². The molecule has 0 aliphatic rings. The molecule has 0 bridgehead atoms. The van der Waals surface area contributed by atoms with Crippen molar-refractivity contribution in [2.24, 2.45) is 0 Å². The molecule has 0 radical (unpaired) electrons. The average molecular weight is 492 g/mol. The topological polar surface area (TPSA) is 86.3 Å². The maximum atomic E-state index is 11.0. The van der Waals surface area contributed by atoms with Crippen LogP contribution in [0.15, 0.2) is 45.3 Å². The molecular weight excluding hydrogens is 483 g/mol. The number of rotatable bonds is 4. The molecular formula is C13H9AsBr2N2O4. The molecule has 9 heteroatoms. The first kappa shape index (κ1) is 17.1. The summed E-state index contributed by atoms with van der Waals surface area (Å²) in [7, 11) is 0. The Labute approximate surface area is 147 Å². The molecule has 114 valence electrons. The van der Waals surface area contributed by atoms with E-state index in [0.717, 1.165) is 8.70 Å². The van der Waals surface area contributed by atoms with E-state index in [2.05, 4.69) is 31.9 Å². The minimum absolute atomic E-state index is 0.00494. The molecule has 0 N–H and O–H groups in total. The molecule has 2 aromatic carbocycles. The Morgan fingerprint density at radius 1 is 0.864 bits per heavy atom. The summed E-state index contributed by atoms with van der Waals surface area (Å²) in [5.41, 5.74) is 2.00. The van der Waals surface area contributed by atoms with Crippen molar-refractivity contribution in [3.63, 3.8) is 0 Å². The van der Waals surface area contributed by atoms with Crippen molar-refractivity contribution in [3.8, 4) is 0 Å². The van der Waals surface area contributed by atoms with Gasteiger partial charge in [-0.1, -0.05) is 0 Å². The number of halogens is 2. The first-order chi connectivity index (χ1) is 10.3. The second-order valence-corrected chi connectivity index (χ2v) is 10.6. The monoisotopic (exact) mass is 490 g/mol. The minimum atomic E-state index is -1.83. The summed E-state index contributed by atoms with van der Waals surface area (Å²) in [6.45, 7) is 0. The number of hydrogen-bond acceptors (Lipinski definition) is 4. The van der Waals surface area contributed by atoms with Crippen LogP contribution in [0.25, 0.3) is 0 Å². The van der Waals surface area contributed by atoms with Crippen LogP contribution in [0.4, 0.5) is 11.4 Å². The normalized spacial score (nSPS) is 10.7. The van der Waals surface area contributed by atoms with Crippen LogP contribution in [0, 0.1) is 20.2 Å². The Morgan fingerprint density at radius 2 is 1.23 bits per heavy atom. The molecule has 0 aliphatic heterocycles. The molecule has 6 nitrogen and oxygen atoms in total. The molecule has 0 heterocycles. The van der Waals surface area contributed by atoms with Crippen LogP contribution < -0.4 is 8.70 Å². The zero-order chi connectivity index (χ0) is 16.4. The van der Waals surface area contributed by atoms with Gasteiger partial charge < -0.3 is 0 Å².